The Hall–Kier alpha value is -2.14. The molecule has 0 fully saturated rings. The molecular weight excluding hydrogens is 292 g/mol. The summed E-state index contributed by atoms with van der Waals surface area (Å²) in [5.41, 5.74) is 0.358. The summed E-state index contributed by atoms with van der Waals surface area (Å²) in [7, 11) is 0. The summed E-state index contributed by atoms with van der Waals surface area (Å²) in [5, 5.41) is 11.1. The summed E-state index contributed by atoms with van der Waals surface area (Å²) < 4.78 is 53.7. The molecule has 1 N–H and O–H groups in total. The third kappa shape index (κ3) is 4.72. The van der Waals surface area contributed by atoms with E-state index in [4.69, 9.17) is 5.26 Å². The summed E-state index contributed by atoms with van der Waals surface area (Å²) >= 11 is 0. The van der Waals surface area contributed by atoms with Crippen molar-refractivity contribution in [2.45, 2.75) is 25.4 Å². The van der Waals surface area contributed by atoms with Crippen molar-refractivity contribution in [3.8, 4) is 6.07 Å². The van der Waals surface area contributed by atoms with Crippen LogP contribution in [-0.2, 0) is 9.53 Å². The zero-order valence-electron chi connectivity index (χ0n) is 10.9. The maximum Gasteiger partial charge on any atom is 0.330 e. The summed E-state index contributed by atoms with van der Waals surface area (Å²) in [6.07, 6.45) is -5.24. The molecule has 21 heavy (non-hydrogen) atoms. The van der Waals surface area contributed by atoms with Gasteiger partial charge in [0.1, 0.15) is 18.8 Å². The number of nitriles is 1. The molecule has 1 atom stereocenters. The van der Waals surface area contributed by atoms with Crippen LogP contribution in [0.25, 0.3) is 0 Å². The second-order valence-corrected chi connectivity index (χ2v) is 4.16. The largest absolute Gasteiger partial charge is 0.362 e. The Morgan fingerprint density at radius 3 is 2.62 bits per heavy atom. The first-order valence-electron chi connectivity index (χ1n) is 5.85. The number of carbonyl (C=O) groups excluding carboxylic acids is 1. The first-order valence-corrected chi connectivity index (χ1v) is 5.85. The van der Waals surface area contributed by atoms with Crippen LogP contribution in [0.5, 0.6) is 0 Å². The van der Waals surface area contributed by atoms with E-state index in [1.807, 2.05) is 6.07 Å². The van der Waals surface area contributed by atoms with Crippen LogP contribution in [0.3, 0.4) is 0 Å². The fourth-order valence-electron chi connectivity index (χ4n) is 1.30. The molecule has 1 amide bonds. The van der Waals surface area contributed by atoms with E-state index in [1.54, 1.807) is 12.1 Å². The summed E-state index contributed by atoms with van der Waals surface area (Å²) in [4.78, 5) is 11.7. The van der Waals surface area contributed by atoms with Crippen molar-refractivity contribution in [2.24, 2.45) is 0 Å². The molecule has 1 unspecified atom stereocenters. The maximum absolute atomic E-state index is 12.7. The molecule has 0 saturated carbocycles. The second kappa shape index (κ2) is 7.04. The lowest BCUT2D eigenvalue weighted by Gasteiger charge is -2.19. The molecular formula is C13H12F4N2O2. The smallest absolute Gasteiger partial charge is 0.330 e. The average Bonchev–Trinajstić information content (AvgIpc) is 2.45. The van der Waals surface area contributed by atoms with E-state index < -0.39 is 31.0 Å². The summed E-state index contributed by atoms with van der Waals surface area (Å²) in [6.45, 7) is -0.426. The van der Waals surface area contributed by atoms with Gasteiger partial charge in [-0.2, -0.15) is 14.0 Å². The van der Waals surface area contributed by atoms with Crippen LogP contribution in [0.4, 0.5) is 23.2 Å². The molecule has 1 aromatic carbocycles. The third-order valence-corrected chi connectivity index (χ3v) is 2.52. The number of hydrogen-bond acceptors (Lipinski definition) is 3. The van der Waals surface area contributed by atoms with Crippen molar-refractivity contribution >= 4 is 11.6 Å². The highest BCUT2D eigenvalue weighted by Crippen LogP contribution is 2.23. The van der Waals surface area contributed by atoms with Crippen LogP contribution in [0.15, 0.2) is 24.3 Å². The topological polar surface area (TPSA) is 62.1 Å². The highest BCUT2D eigenvalue weighted by Gasteiger charge is 2.41. The number of halogens is 4. The van der Waals surface area contributed by atoms with Gasteiger partial charge in [-0.1, -0.05) is 12.1 Å². The van der Waals surface area contributed by atoms with E-state index in [-0.39, 0.29) is 11.3 Å². The van der Waals surface area contributed by atoms with Crippen molar-refractivity contribution in [3.63, 3.8) is 0 Å². The molecule has 0 aliphatic carbocycles. The van der Waals surface area contributed by atoms with Crippen molar-refractivity contribution in [1.29, 1.82) is 5.26 Å². The molecule has 0 aliphatic rings. The minimum absolute atomic E-state index is 0.177. The fourth-order valence-corrected chi connectivity index (χ4v) is 1.30. The van der Waals surface area contributed by atoms with Gasteiger partial charge in [0.05, 0.1) is 11.3 Å². The van der Waals surface area contributed by atoms with E-state index in [9.17, 15) is 22.4 Å². The maximum atomic E-state index is 12.7. The van der Waals surface area contributed by atoms with Crippen LogP contribution in [0.1, 0.15) is 12.5 Å². The molecule has 0 saturated heterocycles. The molecule has 0 bridgehead atoms. The lowest BCUT2D eigenvalue weighted by Crippen LogP contribution is -2.37. The fraction of sp³-hybridized carbons (Fsp3) is 0.385. The minimum Gasteiger partial charge on any atom is -0.362 e. The van der Waals surface area contributed by atoms with E-state index >= 15 is 0 Å². The Morgan fingerprint density at radius 2 is 2.05 bits per heavy atom. The molecule has 0 heterocycles. The van der Waals surface area contributed by atoms with Crippen LogP contribution in [0.2, 0.25) is 0 Å². The minimum atomic E-state index is -4.32. The Morgan fingerprint density at radius 1 is 1.43 bits per heavy atom. The van der Waals surface area contributed by atoms with Crippen LogP contribution in [-0.4, -0.2) is 31.0 Å². The SMILES string of the molecule is CC(OCC(F)(F)C(F)F)C(=O)Nc1ccccc1C#N. The molecule has 0 radical (unpaired) electrons. The predicted octanol–water partition coefficient (Wildman–Crippen LogP) is 2.80. The first-order chi connectivity index (χ1) is 9.77. The molecule has 0 aliphatic heterocycles. The first kappa shape index (κ1) is 16.9. The van der Waals surface area contributed by atoms with Gasteiger partial charge in [0.25, 0.3) is 5.91 Å². The number of benzene rings is 1. The Balaban J connectivity index is 2.62. The zero-order valence-corrected chi connectivity index (χ0v) is 10.9. The molecule has 0 aromatic heterocycles. The molecule has 1 rings (SSSR count). The van der Waals surface area contributed by atoms with Gasteiger partial charge < -0.3 is 10.1 Å². The highest BCUT2D eigenvalue weighted by atomic mass is 19.3. The normalized spacial score (nSPS) is 12.8. The number of anilines is 1. The van der Waals surface area contributed by atoms with Crippen LogP contribution < -0.4 is 5.32 Å². The van der Waals surface area contributed by atoms with E-state index in [0.29, 0.717) is 0 Å². The van der Waals surface area contributed by atoms with Gasteiger partial charge >= 0.3 is 12.3 Å². The number of ether oxygens (including phenoxy) is 1. The van der Waals surface area contributed by atoms with Gasteiger partial charge in [-0.3, -0.25) is 4.79 Å². The number of amides is 1. The van der Waals surface area contributed by atoms with Gasteiger partial charge in [0.2, 0.25) is 0 Å². The van der Waals surface area contributed by atoms with Gasteiger partial charge in [-0.25, -0.2) is 8.78 Å². The van der Waals surface area contributed by atoms with Gasteiger partial charge in [0, 0.05) is 0 Å². The molecule has 4 nitrogen and oxygen atoms in total. The van der Waals surface area contributed by atoms with Crippen LogP contribution >= 0.6 is 0 Å². The number of nitrogens with one attached hydrogen (secondary N) is 1. The van der Waals surface area contributed by atoms with E-state index in [0.717, 1.165) is 6.92 Å². The quantitative estimate of drug-likeness (QED) is 0.822. The van der Waals surface area contributed by atoms with Crippen molar-refractivity contribution < 1.29 is 27.1 Å². The molecule has 8 heteroatoms. The average molecular weight is 304 g/mol. The number of hydrogen-bond donors (Lipinski definition) is 1. The molecule has 114 valence electrons. The number of para-hydroxylation sites is 1. The number of rotatable bonds is 6. The lowest BCUT2D eigenvalue weighted by molar-refractivity contribution is -0.176. The third-order valence-electron chi connectivity index (χ3n) is 2.52. The van der Waals surface area contributed by atoms with Crippen LogP contribution in [0, 0.1) is 11.3 Å². The zero-order chi connectivity index (χ0) is 16.0. The lowest BCUT2D eigenvalue weighted by atomic mass is 10.2. The molecule has 1 aromatic rings. The van der Waals surface area contributed by atoms with E-state index in [2.05, 4.69) is 10.1 Å². The van der Waals surface area contributed by atoms with Gasteiger partial charge in [-0.05, 0) is 19.1 Å². The number of nitrogens with zero attached hydrogens (tertiary/aromatic N) is 1. The van der Waals surface area contributed by atoms with E-state index in [1.165, 1.54) is 12.1 Å². The predicted molar refractivity (Wildman–Crippen MR) is 66.2 cm³/mol. The molecule has 0 spiro atoms. The second-order valence-electron chi connectivity index (χ2n) is 4.16. The van der Waals surface area contributed by atoms with Crippen molar-refractivity contribution in [3.05, 3.63) is 29.8 Å². The van der Waals surface area contributed by atoms with Gasteiger partial charge in [0.15, 0.2) is 0 Å². The summed E-state index contributed by atoms with van der Waals surface area (Å²) in [6, 6.07) is 7.87. The van der Waals surface area contributed by atoms with Crippen molar-refractivity contribution in [2.75, 3.05) is 11.9 Å². The van der Waals surface area contributed by atoms with Gasteiger partial charge in [-0.15, -0.1) is 0 Å². The highest BCUT2D eigenvalue weighted by molar-refractivity contribution is 5.95. The van der Waals surface area contributed by atoms with Crippen molar-refractivity contribution in [1.82, 2.24) is 0 Å². The summed E-state index contributed by atoms with van der Waals surface area (Å²) in [5.74, 6) is -5.14. The Kier molecular flexibility index (Phi) is 5.67. The standard InChI is InChI=1S/C13H12F4N2O2/c1-8(21-7-13(16,17)12(14)15)11(20)19-10-5-3-2-4-9(10)6-18/h2-5,8,12H,7H2,1H3,(H,19,20). The number of carbonyl (C=O) groups is 1. The Labute approximate surface area is 118 Å². The Bertz CT molecular complexity index is 543. The number of alkyl halides is 4. The monoisotopic (exact) mass is 304 g/mol.